The Morgan fingerprint density at radius 1 is 1.69 bits per heavy atom. The zero-order valence-corrected chi connectivity index (χ0v) is 8.35. The second-order valence-electron chi connectivity index (χ2n) is 3.53. The van der Waals surface area contributed by atoms with Gasteiger partial charge in [0.15, 0.2) is 0 Å². The third kappa shape index (κ3) is 2.19. The van der Waals surface area contributed by atoms with Crippen LogP contribution in [-0.4, -0.2) is 17.7 Å². The smallest absolute Gasteiger partial charge is 0.307 e. The van der Waals surface area contributed by atoms with Crippen molar-refractivity contribution in [3.8, 4) is 0 Å². The number of nitrogens with zero attached hydrogens (tertiary/aromatic N) is 1. The first-order chi connectivity index (χ1) is 6.36. The molecule has 1 aliphatic heterocycles. The van der Waals surface area contributed by atoms with Gasteiger partial charge in [-0.05, 0) is 31.8 Å². The Hall–Kier alpha value is -0.610. The van der Waals surface area contributed by atoms with E-state index in [9.17, 15) is 4.79 Å². The lowest BCUT2D eigenvalue weighted by Gasteiger charge is -2.22. The average Bonchev–Trinajstić information content (AvgIpc) is 2.54. The van der Waals surface area contributed by atoms with Gasteiger partial charge in [0.2, 0.25) is 0 Å². The minimum absolute atomic E-state index is 0.172. The average molecular weight is 198 g/mol. The van der Waals surface area contributed by atoms with Crippen LogP contribution in [0.4, 0.5) is 0 Å². The normalized spacial score (nSPS) is 23.2. The number of hydrogen-bond acceptors (Lipinski definition) is 3. The lowest BCUT2D eigenvalue weighted by molar-refractivity contribution is 0.335. The zero-order chi connectivity index (χ0) is 9.10. The topological polar surface area (TPSA) is 34.0 Å². The van der Waals surface area contributed by atoms with Crippen LogP contribution in [0, 0.1) is 5.92 Å². The van der Waals surface area contributed by atoms with Crippen molar-refractivity contribution < 1.29 is 0 Å². The van der Waals surface area contributed by atoms with E-state index >= 15 is 0 Å². The molecule has 1 fully saturated rings. The molecular formula is C9H14N2OS. The highest BCUT2D eigenvalue weighted by Gasteiger charge is 2.13. The Bertz CT molecular complexity index is 311. The van der Waals surface area contributed by atoms with E-state index in [0.29, 0.717) is 5.92 Å². The van der Waals surface area contributed by atoms with Gasteiger partial charge < -0.3 is 9.88 Å². The van der Waals surface area contributed by atoms with E-state index in [1.54, 1.807) is 0 Å². The zero-order valence-electron chi connectivity index (χ0n) is 7.53. The predicted molar refractivity (Wildman–Crippen MR) is 54.2 cm³/mol. The number of nitrogens with one attached hydrogen (secondary N) is 1. The highest BCUT2D eigenvalue weighted by Crippen LogP contribution is 2.11. The highest BCUT2D eigenvalue weighted by molar-refractivity contribution is 7.07. The van der Waals surface area contributed by atoms with Gasteiger partial charge in [-0.25, -0.2) is 0 Å². The number of piperidine rings is 1. The van der Waals surface area contributed by atoms with Gasteiger partial charge in [-0.2, -0.15) is 0 Å². The van der Waals surface area contributed by atoms with Crippen LogP contribution in [-0.2, 0) is 6.54 Å². The van der Waals surface area contributed by atoms with Crippen LogP contribution in [0.25, 0.3) is 0 Å². The van der Waals surface area contributed by atoms with Gasteiger partial charge in [0.05, 0.1) is 0 Å². The highest BCUT2D eigenvalue weighted by atomic mass is 32.1. The summed E-state index contributed by atoms with van der Waals surface area (Å²) in [5.74, 6) is 0.640. The van der Waals surface area contributed by atoms with E-state index in [2.05, 4.69) is 5.32 Å². The number of rotatable bonds is 2. The molecule has 1 N–H and O–H groups in total. The van der Waals surface area contributed by atoms with E-state index in [-0.39, 0.29) is 4.87 Å². The largest absolute Gasteiger partial charge is 0.316 e. The quantitative estimate of drug-likeness (QED) is 0.766. The van der Waals surface area contributed by atoms with Gasteiger partial charge in [-0.3, -0.25) is 4.79 Å². The summed E-state index contributed by atoms with van der Waals surface area (Å²) in [5.41, 5.74) is 0. The number of aromatic nitrogens is 1. The Morgan fingerprint density at radius 3 is 3.23 bits per heavy atom. The van der Waals surface area contributed by atoms with E-state index < -0.39 is 0 Å². The molecule has 1 atom stereocenters. The van der Waals surface area contributed by atoms with E-state index in [0.717, 1.165) is 19.6 Å². The van der Waals surface area contributed by atoms with Crippen molar-refractivity contribution in [2.75, 3.05) is 13.1 Å². The molecule has 4 heteroatoms. The van der Waals surface area contributed by atoms with Gasteiger partial charge in [0.1, 0.15) is 0 Å². The summed E-state index contributed by atoms with van der Waals surface area (Å²) >= 11 is 1.28. The van der Waals surface area contributed by atoms with Crippen molar-refractivity contribution in [2.24, 2.45) is 5.92 Å². The maximum Gasteiger partial charge on any atom is 0.307 e. The molecule has 3 nitrogen and oxygen atoms in total. The van der Waals surface area contributed by atoms with E-state index in [4.69, 9.17) is 0 Å². The third-order valence-electron chi connectivity index (χ3n) is 2.50. The van der Waals surface area contributed by atoms with Gasteiger partial charge in [-0.15, -0.1) is 0 Å². The Balaban J connectivity index is 1.97. The van der Waals surface area contributed by atoms with Gasteiger partial charge >= 0.3 is 4.87 Å². The third-order valence-corrected chi connectivity index (χ3v) is 3.19. The minimum Gasteiger partial charge on any atom is -0.316 e. The van der Waals surface area contributed by atoms with Crippen LogP contribution >= 0.6 is 11.3 Å². The van der Waals surface area contributed by atoms with Crippen molar-refractivity contribution in [3.63, 3.8) is 0 Å². The lowest BCUT2D eigenvalue weighted by Crippen LogP contribution is -2.33. The maximum atomic E-state index is 11.3. The standard InChI is InChI=1S/C9H14N2OS/c12-9-11(4-5-13-9)7-8-2-1-3-10-6-8/h4-5,8,10H,1-3,6-7H2. The molecule has 1 unspecified atom stereocenters. The van der Waals surface area contributed by atoms with Gasteiger partial charge in [0, 0.05) is 18.1 Å². The van der Waals surface area contributed by atoms with Gasteiger partial charge in [-0.1, -0.05) is 11.3 Å². The lowest BCUT2D eigenvalue weighted by atomic mass is 10.00. The molecule has 1 aromatic heterocycles. The van der Waals surface area contributed by atoms with E-state index in [1.165, 1.54) is 24.2 Å². The van der Waals surface area contributed by atoms with Crippen molar-refractivity contribution in [1.29, 1.82) is 0 Å². The SMILES string of the molecule is O=c1sccn1CC1CCCNC1. The molecule has 1 aromatic rings. The molecule has 1 saturated heterocycles. The summed E-state index contributed by atoms with van der Waals surface area (Å²) in [4.78, 5) is 11.4. The maximum absolute atomic E-state index is 11.3. The molecule has 2 heterocycles. The van der Waals surface area contributed by atoms with Crippen molar-refractivity contribution in [1.82, 2.24) is 9.88 Å². The van der Waals surface area contributed by atoms with Crippen LogP contribution in [0.3, 0.4) is 0 Å². The van der Waals surface area contributed by atoms with E-state index in [1.807, 2.05) is 16.1 Å². The van der Waals surface area contributed by atoms with Crippen molar-refractivity contribution in [3.05, 3.63) is 21.2 Å². The molecule has 72 valence electrons. The molecule has 1 aliphatic rings. The summed E-state index contributed by atoms with van der Waals surface area (Å²) in [5, 5.41) is 5.21. The Labute approximate surface area is 81.4 Å². The predicted octanol–water partition coefficient (Wildman–Crippen LogP) is 0.909. The first kappa shape index (κ1) is 8.97. The molecule has 0 amide bonds. The molecule has 2 rings (SSSR count). The Kier molecular flexibility index (Phi) is 2.80. The molecule has 0 bridgehead atoms. The summed E-state index contributed by atoms with van der Waals surface area (Å²) < 4.78 is 1.82. The monoisotopic (exact) mass is 198 g/mol. The first-order valence-electron chi connectivity index (χ1n) is 4.71. The molecule has 0 aromatic carbocycles. The molecule has 13 heavy (non-hydrogen) atoms. The second kappa shape index (κ2) is 4.07. The van der Waals surface area contributed by atoms with Crippen LogP contribution in [0.1, 0.15) is 12.8 Å². The summed E-state index contributed by atoms with van der Waals surface area (Å²) in [7, 11) is 0. The number of hydrogen-bond donors (Lipinski definition) is 1. The molecule has 0 radical (unpaired) electrons. The summed E-state index contributed by atoms with van der Waals surface area (Å²) in [6.45, 7) is 3.08. The summed E-state index contributed by atoms with van der Waals surface area (Å²) in [6.07, 6.45) is 4.38. The minimum atomic E-state index is 0.172. The molecular weight excluding hydrogens is 184 g/mol. The number of thiazole rings is 1. The molecule has 0 saturated carbocycles. The van der Waals surface area contributed by atoms with Crippen LogP contribution in [0.2, 0.25) is 0 Å². The Morgan fingerprint density at radius 2 is 2.62 bits per heavy atom. The van der Waals surface area contributed by atoms with Crippen LogP contribution < -0.4 is 10.2 Å². The first-order valence-corrected chi connectivity index (χ1v) is 5.59. The van der Waals surface area contributed by atoms with Crippen molar-refractivity contribution in [2.45, 2.75) is 19.4 Å². The fourth-order valence-electron chi connectivity index (χ4n) is 1.78. The second-order valence-corrected chi connectivity index (χ2v) is 4.39. The fourth-order valence-corrected chi connectivity index (χ4v) is 2.38. The van der Waals surface area contributed by atoms with Crippen molar-refractivity contribution >= 4 is 11.3 Å². The van der Waals surface area contributed by atoms with Gasteiger partial charge in [0.25, 0.3) is 0 Å². The summed E-state index contributed by atoms with van der Waals surface area (Å²) in [6, 6.07) is 0. The molecule has 0 aliphatic carbocycles. The molecule has 0 spiro atoms. The van der Waals surface area contributed by atoms with Crippen LogP contribution in [0.15, 0.2) is 16.4 Å². The fraction of sp³-hybridized carbons (Fsp3) is 0.667. The van der Waals surface area contributed by atoms with Crippen LogP contribution in [0.5, 0.6) is 0 Å².